The Morgan fingerprint density at radius 2 is 1.19 bits per heavy atom. The van der Waals surface area contributed by atoms with Crippen molar-refractivity contribution in [3.8, 4) is 5.75 Å². The molecule has 1 rings (SSSR count). The van der Waals surface area contributed by atoms with Gasteiger partial charge in [0.1, 0.15) is 5.75 Å². The lowest BCUT2D eigenvalue weighted by molar-refractivity contribution is 0.307. The molecule has 1 aromatic rings. The fourth-order valence-corrected chi connectivity index (χ4v) is 3.48. The topological polar surface area (TPSA) is 20.2 Å². The summed E-state index contributed by atoms with van der Waals surface area (Å²) >= 11 is 0. The first kappa shape index (κ1) is 23.1. The number of phenolic OH excluding ortho intramolecular Hbond substituents is 1. The number of hydrogen-bond acceptors (Lipinski definition) is 1. The SMILES string of the molecule is CCC(C)(C)CCCCCCc1cc(O)cc(CCCCC(C)(C)C)c1. The third kappa shape index (κ3) is 10.9. The van der Waals surface area contributed by atoms with Gasteiger partial charge in [0.05, 0.1) is 0 Å². The summed E-state index contributed by atoms with van der Waals surface area (Å²) in [6, 6.07) is 6.23. The highest BCUT2D eigenvalue weighted by atomic mass is 16.3. The van der Waals surface area contributed by atoms with Crippen LogP contribution >= 0.6 is 0 Å². The summed E-state index contributed by atoms with van der Waals surface area (Å²) in [5.74, 6) is 0.443. The Kier molecular flexibility index (Phi) is 9.75. The molecule has 0 saturated heterocycles. The molecule has 0 atom stereocenters. The number of phenols is 1. The van der Waals surface area contributed by atoms with Crippen LogP contribution in [-0.4, -0.2) is 5.11 Å². The molecule has 26 heavy (non-hydrogen) atoms. The third-order valence-corrected chi connectivity index (χ3v) is 5.71. The molecular weight excluding hydrogens is 316 g/mol. The van der Waals surface area contributed by atoms with Gasteiger partial charge in [0.15, 0.2) is 0 Å². The van der Waals surface area contributed by atoms with E-state index in [1.165, 1.54) is 68.9 Å². The number of benzene rings is 1. The molecule has 0 amide bonds. The number of aryl methyl sites for hydroxylation is 2. The molecule has 0 saturated carbocycles. The van der Waals surface area contributed by atoms with Gasteiger partial charge in [-0.1, -0.05) is 79.7 Å². The van der Waals surface area contributed by atoms with Crippen LogP contribution < -0.4 is 0 Å². The fourth-order valence-electron chi connectivity index (χ4n) is 3.48. The summed E-state index contributed by atoms with van der Waals surface area (Å²) in [6.07, 6.45) is 13.8. The zero-order valence-corrected chi connectivity index (χ0v) is 18.5. The largest absolute Gasteiger partial charge is 0.508 e. The summed E-state index contributed by atoms with van der Waals surface area (Å²) in [6.45, 7) is 14.0. The van der Waals surface area contributed by atoms with Gasteiger partial charge in [0.25, 0.3) is 0 Å². The Hall–Kier alpha value is -0.980. The van der Waals surface area contributed by atoms with Gasteiger partial charge in [-0.15, -0.1) is 0 Å². The molecule has 0 radical (unpaired) electrons. The number of hydrogen-bond donors (Lipinski definition) is 1. The van der Waals surface area contributed by atoms with Crippen molar-refractivity contribution in [2.24, 2.45) is 10.8 Å². The van der Waals surface area contributed by atoms with E-state index < -0.39 is 0 Å². The Morgan fingerprint density at radius 3 is 1.73 bits per heavy atom. The van der Waals surface area contributed by atoms with Crippen LogP contribution in [0.5, 0.6) is 5.75 Å². The minimum atomic E-state index is 0.427. The molecule has 1 N–H and O–H groups in total. The van der Waals surface area contributed by atoms with Crippen molar-refractivity contribution < 1.29 is 5.11 Å². The van der Waals surface area contributed by atoms with Crippen LogP contribution in [0.2, 0.25) is 0 Å². The average Bonchev–Trinajstić information content (AvgIpc) is 2.53. The second-order valence-electron chi connectivity index (χ2n) is 10.2. The first-order chi connectivity index (χ1) is 12.1. The minimum absolute atomic E-state index is 0.427. The van der Waals surface area contributed by atoms with Crippen LogP contribution in [0.1, 0.15) is 110 Å². The van der Waals surface area contributed by atoms with E-state index in [2.05, 4.69) is 47.6 Å². The van der Waals surface area contributed by atoms with Gasteiger partial charge in [-0.25, -0.2) is 0 Å². The summed E-state index contributed by atoms with van der Waals surface area (Å²) in [5.41, 5.74) is 3.55. The zero-order valence-electron chi connectivity index (χ0n) is 18.5. The van der Waals surface area contributed by atoms with Crippen molar-refractivity contribution in [1.82, 2.24) is 0 Å². The highest BCUT2D eigenvalue weighted by Crippen LogP contribution is 2.27. The molecule has 0 spiro atoms. The van der Waals surface area contributed by atoms with E-state index in [1.807, 2.05) is 12.1 Å². The molecule has 0 fully saturated rings. The highest BCUT2D eigenvalue weighted by molar-refractivity contribution is 5.33. The smallest absolute Gasteiger partial charge is 0.116 e. The van der Waals surface area contributed by atoms with E-state index in [4.69, 9.17) is 0 Å². The van der Waals surface area contributed by atoms with Gasteiger partial charge < -0.3 is 5.11 Å². The zero-order chi connectivity index (χ0) is 19.6. The number of aromatic hydroxyl groups is 1. The first-order valence-corrected chi connectivity index (χ1v) is 10.9. The normalized spacial score (nSPS) is 12.5. The second kappa shape index (κ2) is 11.0. The molecule has 150 valence electrons. The van der Waals surface area contributed by atoms with Crippen molar-refractivity contribution >= 4 is 0 Å². The van der Waals surface area contributed by atoms with Crippen LogP contribution in [0.25, 0.3) is 0 Å². The van der Waals surface area contributed by atoms with Crippen LogP contribution in [0.15, 0.2) is 18.2 Å². The average molecular weight is 361 g/mol. The molecule has 0 aliphatic heterocycles. The molecule has 0 heterocycles. The van der Waals surface area contributed by atoms with Crippen LogP contribution in [0.3, 0.4) is 0 Å². The van der Waals surface area contributed by atoms with Gasteiger partial charge in [0, 0.05) is 0 Å². The van der Waals surface area contributed by atoms with Crippen LogP contribution in [0, 0.1) is 10.8 Å². The van der Waals surface area contributed by atoms with Gasteiger partial charge in [-0.05, 0) is 72.6 Å². The molecular formula is C25H44O. The van der Waals surface area contributed by atoms with Crippen molar-refractivity contribution in [3.05, 3.63) is 29.3 Å². The molecule has 0 aromatic heterocycles. The Balaban J connectivity index is 2.31. The molecule has 1 aromatic carbocycles. The van der Waals surface area contributed by atoms with Crippen LogP contribution in [0.4, 0.5) is 0 Å². The maximum Gasteiger partial charge on any atom is 0.116 e. The Morgan fingerprint density at radius 1 is 0.692 bits per heavy atom. The third-order valence-electron chi connectivity index (χ3n) is 5.71. The summed E-state index contributed by atoms with van der Waals surface area (Å²) < 4.78 is 0. The van der Waals surface area contributed by atoms with Crippen molar-refractivity contribution in [2.45, 2.75) is 112 Å². The summed E-state index contributed by atoms with van der Waals surface area (Å²) in [7, 11) is 0. The lowest BCUT2D eigenvalue weighted by atomic mass is 9.84. The van der Waals surface area contributed by atoms with E-state index in [1.54, 1.807) is 0 Å². The predicted octanol–water partition coefficient (Wildman–Crippen LogP) is 8.08. The van der Waals surface area contributed by atoms with Crippen molar-refractivity contribution in [2.75, 3.05) is 0 Å². The Labute approximate surface area is 163 Å². The van der Waals surface area contributed by atoms with Gasteiger partial charge in [-0.3, -0.25) is 0 Å². The number of rotatable bonds is 12. The maximum atomic E-state index is 10.0. The summed E-state index contributed by atoms with van der Waals surface area (Å²) in [5, 5.41) is 10.0. The van der Waals surface area contributed by atoms with E-state index >= 15 is 0 Å². The fraction of sp³-hybridized carbons (Fsp3) is 0.760. The van der Waals surface area contributed by atoms with Gasteiger partial charge in [-0.2, -0.15) is 0 Å². The molecule has 0 unspecified atom stereocenters. The molecule has 1 nitrogen and oxygen atoms in total. The number of unbranched alkanes of at least 4 members (excludes halogenated alkanes) is 4. The minimum Gasteiger partial charge on any atom is -0.508 e. The first-order valence-electron chi connectivity index (χ1n) is 10.9. The quantitative estimate of drug-likeness (QED) is 0.373. The standard InChI is InChI=1S/C25H44O/c1-7-25(5,6)17-12-9-8-10-14-21-18-22(20-23(26)19-21)15-11-13-16-24(2,3)4/h18-20,26H,7-17H2,1-6H3. The van der Waals surface area contributed by atoms with Crippen molar-refractivity contribution in [3.63, 3.8) is 0 Å². The molecule has 1 heteroatoms. The van der Waals surface area contributed by atoms with E-state index in [0.717, 1.165) is 12.8 Å². The Bertz CT molecular complexity index is 507. The molecule has 0 aliphatic carbocycles. The highest BCUT2D eigenvalue weighted by Gasteiger charge is 2.13. The van der Waals surface area contributed by atoms with E-state index in [0.29, 0.717) is 16.6 Å². The molecule has 0 aliphatic rings. The van der Waals surface area contributed by atoms with Gasteiger partial charge in [0.2, 0.25) is 0 Å². The molecule has 0 bridgehead atoms. The predicted molar refractivity (Wildman–Crippen MR) is 116 cm³/mol. The monoisotopic (exact) mass is 360 g/mol. The lowest BCUT2D eigenvalue weighted by Gasteiger charge is -2.22. The van der Waals surface area contributed by atoms with E-state index in [9.17, 15) is 5.11 Å². The van der Waals surface area contributed by atoms with Crippen molar-refractivity contribution in [1.29, 1.82) is 0 Å². The maximum absolute atomic E-state index is 10.0. The van der Waals surface area contributed by atoms with E-state index in [-0.39, 0.29) is 0 Å². The van der Waals surface area contributed by atoms with Crippen LogP contribution in [-0.2, 0) is 12.8 Å². The second-order valence-corrected chi connectivity index (χ2v) is 10.2. The lowest BCUT2D eigenvalue weighted by Crippen LogP contribution is -2.08. The van der Waals surface area contributed by atoms with Gasteiger partial charge >= 0.3 is 0 Å². The summed E-state index contributed by atoms with van der Waals surface area (Å²) in [4.78, 5) is 0.